The number of benzene rings is 2. The molecule has 150 valence electrons. The summed E-state index contributed by atoms with van der Waals surface area (Å²) in [6.45, 7) is 3.34. The zero-order chi connectivity index (χ0) is 20.9. The van der Waals surface area contributed by atoms with E-state index in [0.29, 0.717) is 22.9 Å². The van der Waals surface area contributed by atoms with Crippen LogP contribution in [0.2, 0.25) is 0 Å². The first-order valence-corrected chi connectivity index (χ1v) is 9.20. The van der Waals surface area contributed by atoms with Crippen LogP contribution in [0.3, 0.4) is 0 Å². The van der Waals surface area contributed by atoms with E-state index in [1.54, 1.807) is 43.3 Å². The SMILES string of the molecule is CCc1cccc2c1OC(F)(F)C(=O)N2Cc1nc2cccc(C)c2c(=O)n1C. The van der Waals surface area contributed by atoms with Gasteiger partial charge in [-0.25, -0.2) is 4.98 Å². The second-order valence-corrected chi connectivity index (χ2v) is 6.99. The van der Waals surface area contributed by atoms with Crippen LogP contribution in [0, 0.1) is 6.92 Å². The molecule has 1 aromatic heterocycles. The molecule has 8 heteroatoms. The minimum Gasteiger partial charge on any atom is -0.423 e. The lowest BCUT2D eigenvalue weighted by Crippen LogP contribution is -2.51. The molecule has 3 aromatic rings. The van der Waals surface area contributed by atoms with Crippen LogP contribution in [0.15, 0.2) is 41.2 Å². The standard InChI is InChI=1S/C21H19F2N3O3/c1-4-13-8-6-10-15-18(13)29-21(22,23)20(28)26(15)11-16-24-14-9-5-7-12(2)17(14)19(27)25(16)3/h5-10H,4,11H2,1-3H3. The lowest BCUT2D eigenvalue weighted by molar-refractivity contribution is -0.193. The van der Waals surface area contributed by atoms with Crippen LogP contribution >= 0.6 is 0 Å². The number of carbonyl (C=O) groups is 1. The number of aromatic nitrogens is 2. The lowest BCUT2D eigenvalue weighted by atomic mass is 10.1. The highest BCUT2D eigenvalue weighted by molar-refractivity contribution is 6.01. The van der Waals surface area contributed by atoms with Crippen molar-refractivity contribution in [3.63, 3.8) is 0 Å². The van der Waals surface area contributed by atoms with Crippen LogP contribution in [-0.2, 0) is 24.8 Å². The summed E-state index contributed by atoms with van der Waals surface area (Å²) < 4.78 is 34.7. The van der Waals surface area contributed by atoms with Crippen molar-refractivity contribution < 1.29 is 18.3 Å². The van der Waals surface area contributed by atoms with Gasteiger partial charge in [-0.3, -0.25) is 19.1 Å². The first-order chi connectivity index (χ1) is 13.7. The van der Waals surface area contributed by atoms with Crippen LogP contribution in [0.25, 0.3) is 10.9 Å². The van der Waals surface area contributed by atoms with Crippen LogP contribution in [0.5, 0.6) is 5.75 Å². The van der Waals surface area contributed by atoms with E-state index in [1.165, 1.54) is 11.6 Å². The minimum absolute atomic E-state index is 0.0266. The predicted molar refractivity (Wildman–Crippen MR) is 104 cm³/mol. The van der Waals surface area contributed by atoms with Crippen LogP contribution in [-0.4, -0.2) is 21.6 Å². The Morgan fingerprint density at radius 2 is 1.86 bits per heavy atom. The molecule has 1 amide bonds. The molecule has 0 unspecified atom stereocenters. The van der Waals surface area contributed by atoms with Crippen molar-refractivity contribution in [3.05, 3.63) is 63.7 Å². The maximum absolute atomic E-state index is 14.3. The quantitative estimate of drug-likeness (QED) is 0.678. The summed E-state index contributed by atoms with van der Waals surface area (Å²) in [5, 5.41) is 0.464. The summed E-state index contributed by atoms with van der Waals surface area (Å²) in [4.78, 5) is 30.7. The van der Waals surface area contributed by atoms with E-state index in [1.807, 2.05) is 6.92 Å². The second-order valence-electron chi connectivity index (χ2n) is 6.99. The fourth-order valence-corrected chi connectivity index (χ4v) is 3.58. The number of fused-ring (bicyclic) bond motifs is 2. The molecule has 2 aromatic carbocycles. The number of amides is 1. The molecule has 0 atom stereocenters. The van der Waals surface area contributed by atoms with Gasteiger partial charge in [0.1, 0.15) is 5.82 Å². The van der Waals surface area contributed by atoms with Gasteiger partial charge in [0.25, 0.3) is 5.56 Å². The van der Waals surface area contributed by atoms with E-state index in [0.717, 1.165) is 10.5 Å². The van der Waals surface area contributed by atoms with E-state index in [-0.39, 0.29) is 29.4 Å². The monoisotopic (exact) mass is 399 g/mol. The Morgan fingerprint density at radius 1 is 1.14 bits per heavy atom. The summed E-state index contributed by atoms with van der Waals surface area (Å²) in [6, 6.07) is 10.2. The Balaban J connectivity index is 1.87. The normalized spacial score (nSPS) is 15.3. The van der Waals surface area contributed by atoms with Crippen molar-refractivity contribution in [2.75, 3.05) is 4.90 Å². The molecule has 29 heavy (non-hydrogen) atoms. The fraction of sp³-hybridized carbons (Fsp3) is 0.286. The predicted octanol–water partition coefficient (Wildman–Crippen LogP) is 3.32. The van der Waals surface area contributed by atoms with Gasteiger partial charge in [-0.15, -0.1) is 0 Å². The largest absolute Gasteiger partial charge is 0.483 e. The van der Waals surface area contributed by atoms with Crippen molar-refractivity contribution in [3.8, 4) is 5.75 Å². The molecule has 0 saturated heterocycles. The third-order valence-electron chi connectivity index (χ3n) is 5.18. The molecule has 2 heterocycles. The number of nitrogens with zero attached hydrogens (tertiary/aromatic N) is 3. The molecular weight excluding hydrogens is 380 g/mol. The summed E-state index contributed by atoms with van der Waals surface area (Å²) in [7, 11) is 1.52. The number of para-hydroxylation sites is 1. The van der Waals surface area contributed by atoms with Crippen molar-refractivity contribution in [1.82, 2.24) is 9.55 Å². The number of carbonyl (C=O) groups excluding carboxylic acids is 1. The second kappa shape index (κ2) is 6.65. The molecule has 0 aliphatic carbocycles. The first-order valence-electron chi connectivity index (χ1n) is 9.20. The summed E-state index contributed by atoms with van der Waals surface area (Å²) in [6.07, 6.45) is -3.53. The topological polar surface area (TPSA) is 64.4 Å². The Hall–Kier alpha value is -3.29. The van der Waals surface area contributed by atoms with Crippen LogP contribution < -0.4 is 15.2 Å². The van der Waals surface area contributed by atoms with Crippen LogP contribution in [0.4, 0.5) is 14.5 Å². The van der Waals surface area contributed by atoms with Crippen molar-refractivity contribution in [1.29, 1.82) is 0 Å². The number of halogens is 2. The van der Waals surface area contributed by atoms with E-state index in [9.17, 15) is 18.4 Å². The van der Waals surface area contributed by atoms with Gasteiger partial charge in [0.15, 0.2) is 5.75 Å². The smallest absolute Gasteiger partial charge is 0.423 e. The van der Waals surface area contributed by atoms with E-state index in [2.05, 4.69) is 4.98 Å². The van der Waals surface area contributed by atoms with Gasteiger partial charge < -0.3 is 4.74 Å². The number of hydrogen-bond donors (Lipinski definition) is 0. The number of hydrogen-bond acceptors (Lipinski definition) is 4. The third-order valence-corrected chi connectivity index (χ3v) is 5.18. The molecule has 0 N–H and O–H groups in total. The van der Waals surface area contributed by atoms with E-state index in [4.69, 9.17) is 4.74 Å². The molecule has 0 radical (unpaired) electrons. The highest BCUT2D eigenvalue weighted by atomic mass is 19.3. The van der Waals surface area contributed by atoms with Crippen molar-refractivity contribution in [2.24, 2.45) is 7.05 Å². The maximum atomic E-state index is 14.3. The van der Waals surface area contributed by atoms with Gasteiger partial charge in [-0.1, -0.05) is 31.2 Å². The van der Waals surface area contributed by atoms with Gasteiger partial charge >= 0.3 is 12.0 Å². The van der Waals surface area contributed by atoms with Gasteiger partial charge in [0.2, 0.25) is 0 Å². The lowest BCUT2D eigenvalue weighted by Gasteiger charge is -2.34. The molecule has 1 aliphatic rings. The number of ether oxygens (including phenoxy) is 1. The molecule has 0 spiro atoms. The van der Waals surface area contributed by atoms with Crippen molar-refractivity contribution in [2.45, 2.75) is 32.9 Å². The number of anilines is 1. The van der Waals surface area contributed by atoms with Gasteiger partial charge in [-0.05, 0) is 36.6 Å². The Kier molecular flexibility index (Phi) is 4.37. The summed E-state index contributed by atoms with van der Waals surface area (Å²) >= 11 is 0. The average molecular weight is 399 g/mol. The zero-order valence-corrected chi connectivity index (χ0v) is 16.2. The molecule has 1 aliphatic heterocycles. The fourth-order valence-electron chi connectivity index (χ4n) is 3.58. The Bertz CT molecular complexity index is 1200. The highest BCUT2D eigenvalue weighted by Gasteiger charge is 2.51. The number of rotatable bonds is 3. The molecule has 0 saturated carbocycles. The van der Waals surface area contributed by atoms with Gasteiger partial charge in [-0.2, -0.15) is 8.78 Å². The number of alkyl halides is 2. The molecule has 6 nitrogen and oxygen atoms in total. The van der Waals surface area contributed by atoms with Crippen molar-refractivity contribution >= 4 is 22.5 Å². The van der Waals surface area contributed by atoms with E-state index < -0.39 is 12.0 Å². The molecule has 0 fully saturated rings. The summed E-state index contributed by atoms with van der Waals surface area (Å²) in [5.74, 6) is -1.31. The zero-order valence-electron chi connectivity index (χ0n) is 16.2. The molecular formula is C21H19F2N3O3. The highest BCUT2D eigenvalue weighted by Crippen LogP contribution is 2.42. The molecule has 4 rings (SSSR count). The third kappa shape index (κ3) is 2.95. The summed E-state index contributed by atoms with van der Waals surface area (Å²) in [5.41, 5.74) is 1.74. The number of aryl methyl sites for hydroxylation is 2. The Labute approximate surface area is 165 Å². The first kappa shape index (κ1) is 19.0. The molecule has 0 bridgehead atoms. The van der Waals surface area contributed by atoms with Gasteiger partial charge in [0, 0.05) is 7.05 Å². The average Bonchev–Trinajstić information content (AvgIpc) is 2.68. The van der Waals surface area contributed by atoms with Crippen LogP contribution in [0.1, 0.15) is 23.9 Å². The maximum Gasteiger partial charge on any atom is 0.483 e. The Morgan fingerprint density at radius 3 is 2.59 bits per heavy atom. The van der Waals surface area contributed by atoms with Gasteiger partial charge in [0.05, 0.1) is 23.1 Å². The van der Waals surface area contributed by atoms with E-state index >= 15 is 0 Å². The minimum atomic E-state index is -4.00.